The first kappa shape index (κ1) is 22.3. The van der Waals surface area contributed by atoms with Gasteiger partial charge in [0.25, 0.3) is 0 Å². The number of hydrogen-bond donors (Lipinski definition) is 0. The zero-order chi connectivity index (χ0) is 17.0. The summed E-state index contributed by atoms with van der Waals surface area (Å²) in [4.78, 5) is 0. The summed E-state index contributed by atoms with van der Waals surface area (Å²) in [5, 5.41) is 0. The molecule has 0 saturated heterocycles. The van der Waals surface area contributed by atoms with E-state index < -0.39 is 7.71 Å². The van der Waals surface area contributed by atoms with Crippen LogP contribution in [-0.4, -0.2) is 59.4 Å². The Balaban J connectivity index is 5.56. The molecule has 4 heteroatoms. The van der Waals surface area contributed by atoms with Crippen LogP contribution < -0.4 is 0 Å². The molecule has 0 aliphatic rings. The van der Waals surface area contributed by atoms with Crippen LogP contribution in [0.1, 0.15) is 74.1 Å². The third-order valence-electron chi connectivity index (χ3n) is 4.86. The second kappa shape index (κ2) is 12.7. The predicted molar refractivity (Wildman–Crippen MR) is 105 cm³/mol. The quantitative estimate of drug-likeness (QED) is 0.313. The lowest BCUT2D eigenvalue weighted by Gasteiger charge is -2.47. The molecule has 0 rings (SSSR count). The van der Waals surface area contributed by atoms with Gasteiger partial charge in [-0.1, -0.05) is 19.8 Å². The second-order valence-electron chi connectivity index (χ2n) is 5.89. The summed E-state index contributed by atoms with van der Waals surface area (Å²) in [5.74, 6) is 0. The molecule has 0 spiro atoms. The van der Waals surface area contributed by atoms with Crippen LogP contribution in [0.15, 0.2) is 0 Å². The molecule has 0 amide bonds. The predicted octanol–water partition coefficient (Wildman–Crippen LogP) is 5.35. The van der Waals surface area contributed by atoms with Crippen molar-refractivity contribution in [3.05, 3.63) is 0 Å². The van der Waals surface area contributed by atoms with Crippen molar-refractivity contribution in [3.63, 3.8) is 0 Å². The van der Waals surface area contributed by atoms with Gasteiger partial charge >= 0.3 is 0 Å². The van der Waals surface area contributed by atoms with Gasteiger partial charge in [-0.15, -0.1) is 14.0 Å². The lowest BCUT2D eigenvalue weighted by atomic mass is 10.2. The first-order valence-electron chi connectivity index (χ1n) is 9.76. The molecule has 0 aliphatic heterocycles. The van der Waals surface area contributed by atoms with Crippen molar-refractivity contribution in [2.24, 2.45) is 0 Å². The molecule has 0 aliphatic carbocycles. The number of nitrogens with zero attached hydrogens (tertiary/aromatic N) is 3. The Labute approximate surface area is 141 Å². The lowest BCUT2D eigenvalue weighted by molar-refractivity contribution is 0.327. The van der Waals surface area contributed by atoms with Gasteiger partial charge in [-0.25, -0.2) is 0 Å². The monoisotopic (exact) mass is 332 g/mol. The van der Waals surface area contributed by atoms with Gasteiger partial charge in [-0.05, 0) is 54.4 Å². The molecule has 0 radical (unpaired) electrons. The van der Waals surface area contributed by atoms with Gasteiger partial charge in [0.05, 0.1) is 0 Å². The van der Waals surface area contributed by atoms with E-state index in [1.807, 2.05) is 0 Å². The highest BCUT2D eigenvalue weighted by Crippen LogP contribution is 2.67. The molecule has 22 heavy (non-hydrogen) atoms. The third kappa shape index (κ3) is 5.44. The normalized spacial score (nSPS) is 12.8. The van der Waals surface area contributed by atoms with Crippen molar-refractivity contribution in [2.75, 3.05) is 45.4 Å². The van der Waals surface area contributed by atoms with Crippen molar-refractivity contribution < 1.29 is 0 Å². The van der Waals surface area contributed by atoms with Crippen LogP contribution in [0, 0.1) is 0 Å². The van der Waals surface area contributed by atoms with E-state index in [-0.39, 0.29) is 0 Å². The molecule has 0 heterocycles. The van der Waals surface area contributed by atoms with Gasteiger partial charge in [0, 0.05) is 39.3 Å². The van der Waals surface area contributed by atoms with Gasteiger partial charge < -0.3 is 0 Å². The van der Waals surface area contributed by atoms with Gasteiger partial charge in [0.15, 0.2) is 0 Å². The number of rotatable bonds is 14. The highest BCUT2D eigenvalue weighted by molar-refractivity contribution is 7.69. The fourth-order valence-electron chi connectivity index (χ4n) is 3.74. The Morgan fingerprint density at radius 2 is 0.864 bits per heavy atom. The van der Waals surface area contributed by atoms with Gasteiger partial charge in [-0.2, -0.15) is 0 Å². The zero-order valence-electron chi connectivity index (χ0n) is 16.6. The Morgan fingerprint density at radius 1 is 0.500 bits per heavy atom. The fourth-order valence-corrected chi connectivity index (χ4v) is 9.03. The second-order valence-corrected chi connectivity index (χ2v) is 9.42. The smallest absolute Gasteiger partial charge is 0.149 e. The van der Waals surface area contributed by atoms with Gasteiger partial charge in [-0.3, -0.25) is 0 Å². The van der Waals surface area contributed by atoms with Crippen LogP contribution in [0.25, 0.3) is 0 Å². The van der Waals surface area contributed by atoms with E-state index in [9.17, 15) is 0 Å². The molecule has 0 bridgehead atoms. The molecular weight excluding hydrogens is 289 g/mol. The fraction of sp³-hybridized carbons (Fsp3) is 1.00. The number of hydrogen-bond acceptors (Lipinski definition) is 3. The summed E-state index contributed by atoms with van der Waals surface area (Å²) >= 11 is 0. The highest BCUT2D eigenvalue weighted by Gasteiger charge is 2.52. The van der Waals surface area contributed by atoms with E-state index in [1.54, 1.807) is 0 Å². The lowest BCUT2D eigenvalue weighted by Crippen LogP contribution is -2.46. The molecule has 134 valence electrons. The van der Waals surface area contributed by atoms with E-state index in [1.165, 1.54) is 71.1 Å². The molecule has 0 aromatic carbocycles. The Hall–Kier alpha value is 0.310. The summed E-state index contributed by atoms with van der Waals surface area (Å²) in [6.45, 7) is 23.4. The standard InChI is InChI=1S/C18H43N3P/c1-8-15-16-17-18-22(19(9-2)10-3,20(11-4)12-5)21(13-6)14-7/h8-18H2,1-7H3/q+1. The molecule has 0 aromatic rings. The molecule has 0 N–H and O–H groups in total. The van der Waals surface area contributed by atoms with E-state index in [0.29, 0.717) is 0 Å². The van der Waals surface area contributed by atoms with Crippen molar-refractivity contribution in [3.8, 4) is 0 Å². The van der Waals surface area contributed by atoms with Crippen molar-refractivity contribution in [1.29, 1.82) is 0 Å². The maximum atomic E-state index is 2.80. The third-order valence-corrected chi connectivity index (χ3v) is 10.2. The molecule has 0 saturated carbocycles. The van der Waals surface area contributed by atoms with Crippen molar-refractivity contribution in [1.82, 2.24) is 14.0 Å². The zero-order valence-corrected chi connectivity index (χ0v) is 17.5. The Kier molecular flexibility index (Phi) is 12.9. The highest BCUT2D eigenvalue weighted by atomic mass is 31.2. The molecular formula is C18H43N3P+. The minimum absolute atomic E-state index is 1.17. The molecule has 0 atom stereocenters. The van der Waals surface area contributed by atoms with Crippen LogP contribution >= 0.6 is 7.71 Å². The molecule has 0 aromatic heterocycles. The summed E-state index contributed by atoms with van der Waals surface area (Å²) < 4.78 is 8.41. The average Bonchev–Trinajstić information content (AvgIpc) is 2.54. The topological polar surface area (TPSA) is 9.72 Å². The maximum Gasteiger partial charge on any atom is 0.227 e. The van der Waals surface area contributed by atoms with Crippen LogP contribution in [0.2, 0.25) is 0 Å². The first-order valence-corrected chi connectivity index (χ1v) is 11.6. The van der Waals surface area contributed by atoms with Crippen molar-refractivity contribution >= 4 is 7.71 Å². The maximum absolute atomic E-state index is 2.80. The van der Waals surface area contributed by atoms with Crippen LogP contribution in [0.4, 0.5) is 0 Å². The summed E-state index contributed by atoms with van der Waals surface area (Å²) in [6.07, 6.45) is 6.85. The summed E-state index contributed by atoms with van der Waals surface area (Å²) in [5.41, 5.74) is 0. The molecule has 3 nitrogen and oxygen atoms in total. The van der Waals surface area contributed by atoms with Gasteiger partial charge in [0.1, 0.15) is 6.16 Å². The van der Waals surface area contributed by atoms with Crippen LogP contribution in [0.5, 0.6) is 0 Å². The first-order chi connectivity index (χ1) is 10.6. The minimum atomic E-state index is -1.37. The molecule has 0 unspecified atom stereocenters. The van der Waals surface area contributed by atoms with E-state index in [2.05, 4.69) is 62.5 Å². The summed E-state index contributed by atoms with van der Waals surface area (Å²) in [6, 6.07) is 0. The van der Waals surface area contributed by atoms with Crippen LogP contribution in [-0.2, 0) is 0 Å². The summed E-state index contributed by atoms with van der Waals surface area (Å²) in [7, 11) is -1.37. The number of unbranched alkanes of at least 4 members (excludes halogenated alkanes) is 3. The van der Waals surface area contributed by atoms with Gasteiger partial charge in [0.2, 0.25) is 7.71 Å². The van der Waals surface area contributed by atoms with E-state index in [0.717, 1.165) is 0 Å². The van der Waals surface area contributed by atoms with Crippen LogP contribution in [0.3, 0.4) is 0 Å². The average molecular weight is 333 g/mol. The minimum Gasteiger partial charge on any atom is -0.149 e. The molecule has 0 fully saturated rings. The van der Waals surface area contributed by atoms with E-state index in [4.69, 9.17) is 0 Å². The Morgan fingerprint density at radius 3 is 1.14 bits per heavy atom. The largest absolute Gasteiger partial charge is 0.227 e. The SMILES string of the molecule is CCCCCC[P+](N(CC)CC)(N(CC)CC)N(CC)CC. The van der Waals surface area contributed by atoms with Crippen molar-refractivity contribution in [2.45, 2.75) is 74.1 Å². The Bertz CT molecular complexity index is 217. The van der Waals surface area contributed by atoms with E-state index >= 15 is 0 Å².